The molecule has 0 amide bonds. The van der Waals surface area contributed by atoms with E-state index in [9.17, 15) is 28.8 Å². The summed E-state index contributed by atoms with van der Waals surface area (Å²) in [6.45, 7) is 28.5. The van der Waals surface area contributed by atoms with Gasteiger partial charge < -0.3 is 0 Å². The van der Waals surface area contributed by atoms with Crippen LogP contribution in [0.4, 0.5) is 0 Å². The van der Waals surface area contributed by atoms with Crippen molar-refractivity contribution in [2.75, 3.05) is 0 Å². The van der Waals surface area contributed by atoms with Gasteiger partial charge in [0.05, 0.1) is 19.3 Å². The molecule has 234 valence electrons. The van der Waals surface area contributed by atoms with Gasteiger partial charge in [0.15, 0.2) is 0 Å². The van der Waals surface area contributed by atoms with Gasteiger partial charge in [0.25, 0.3) is 0 Å². The average Bonchev–Trinajstić information content (AvgIpc) is 2.64. The second kappa shape index (κ2) is 20.4. The van der Waals surface area contributed by atoms with Crippen molar-refractivity contribution in [1.82, 2.24) is 0 Å². The Hall–Kier alpha value is -1.45. The quantitative estimate of drug-likeness (QED) is 0.211. The minimum atomic E-state index is -0.382. The van der Waals surface area contributed by atoms with Gasteiger partial charge in [0, 0.05) is 52.9 Å². The van der Waals surface area contributed by atoms with Gasteiger partial charge in [-0.2, -0.15) is 0 Å². The monoisotopic (exact) mass is 604 g/mol. The Morgan fingerprint density at radius 3 is 0.650 bits per heavy atom. The van der Waals surface area contributed by atoms with Gasteiger partial charge in [0.1, 0.15) is 34.7 Å². The number of hydrogen-bond acceptors (Lipinski definition) is 6. The Balaban J connectivity index is -0.000000240. The van der Waals surface area contributed by atoms with Gasteiger partial charge >= 0.3 is 0 Å². The van der Waals surface area contributed by atoms with Crippen molar-refractivity contribution in [1.29, 1.82) is 0 Å². The number of carbonyl (C=O) groups excluding carboxylic acids is 6. The second-order valence-electron chi connectivity index (χ2n) is 15.0. The molecule has 40 heavy (non-hydrogen) atoms. The maximum Gasteiger partial charge on any atom is 0.145 e. The maximum atomic E-state index is 11.4. The van der Waals surface area contributed by atoms with Crippen molar-refractivity contribution in [2.45, 2.75) is 142 Å². The van der Waals surface area contributed by atoms with Crippen LogP contribution in [0.25, 0.3) is 0 Å². The molecule has 0 aromatic rings. The molecule has 0 saturated carbocycles. The molecule has 0 aliphatic carbocycles. The predicted molar refractivity (Wildman–Crippen MR) is 161 cm³/mol. The second-order valence-corrected chi connectivity index (χ2v) is 15.0. The topological polar surface area (TPSA) is 102 Å². The van der Waals surface area contributed by atoms with Gasteiger partial charge in [-0.05, 0) is 17.8 Å². The SMILES string of the molecule is CC(C)CC(=O)CC(=O)C(C)(C)C.CC(C)CC(=O)CC(=O)C(C)(C)C.CC(C)CC(=O)CC(=O)C(C)(C)C.[Cr]. The molecule has 0 radical (unpaired) electrons. The molecule has 0 aliphatic heterocycles. The Morgan fingerprint density at radius 2 is 0.550 bits per heavy atom. The van der Waals surface area contributed by atoms with E-state index in [1.54, 1.807) is 0 Å². The molecule has 0 aromatic carbocycles. The van der Waals surface area contributed by atoms with Gasteiger partial charge in [-0.15, -0.1) is 0 Å². The molecule has 0 rings (SSSR count). The molecule has 0 spiro atoms. The Morgan fingerprint density at radius 1 is 0.400 bits per heavy atom. The molecule has 0 aromatic heterocycles. The molecule has 0 aliphatic rings. The smallest absolute Gasteiger partial charge is 0.145 e. The van der Waals surface area contributed by atoms with E-state index in [0.29, 0.717) is 37.0 Å². The normalized spacial score (nSPS) is 11.6. The van der Waals surface area contributed by atoms with Crippen LogP contribution < -0.4 is 0 Å². The molecular formula is C33H60CrO6. The van der Waals surface area contributed by atoms with Crippen molar-refractivity contribution in [3.8, 4) is 0 Å². The van der Waals surface area contributed by atoms with Crippen molar-refractivity contribution in [3.05, 3.63) is 0 Å². The van der Waals surface area contributed by atoms with E-state index < -0.39 is 0 Å². The Bertz CT molecular complexity index is 706. The molecule has 0 saturated heterocycles. The number of ketones is 6. The van der Waals surface area contributed by atoms with Crippen LogP contribution in [0.3, 0.4) is 0 Å². The van der Waals surface area contributed by atoms with E-state index in [1.165, 1.54) is 0 Å². The van der Waals surface area contributed by atoms with Gasteiger partial charge in [-0.1, -0.05) is 104 Å². The molecule has 0 N–H and O–H groups in total. The average molecular weight is 605 g/mol. The zero-order valence-electron chi connectivity index (χ0n) is 28.3. The summed E-state index contributed by atoms with van der Waals surface area (Å²) in [6, 6.07) is 0. The predicted octanol–water partition coefficient (Wildman–Crippen LogP) is 7.82. The van der Waals surface area contributed by atoms with Gasteiger partial charge in [-0.3, -0.25) is 28.8 Å². The van der Waals surface area contributed by atoms with Crippen LogP contribution in [0.5, 0.6) is 0 Å². The first-order chi connectivity index (χ1) is 17.2. The summed E-state index contributed by atoms with van der Waals surface area (Å²) < 4.78 is 0. The molecule has 0 heterocycles. The summed E-state index contributed by atoms with van der Waals surface area (Å²) in [5, 5.41) is 0. The van der Waals surface area contributed by atoms with E-state index in [0.717, 1.165) is 0 Å². The number of rotatable bonds is 12. The molecule has 0 unspecified atom stereocenters. The van der Waals surface area contributed by atoms with Crippen molar-refractivity contribution in [3.63, 3.8) is 0 Å². The van der Waals surface area contributed by atoms with Crippen LogP contribution in [0.2, 0.25) is 0 Å². The first-order valence-corrected chi connectivity index (χ1v) is 14.3. The first kappa shape index (κ1) is 45.5. The Labute approximate surface area is 256 Å². The molecular weight excluding hydrogens is 544 g/mol. The third kappa shape index (κ3) is 28.1. The van der Waals surface area contributed by atoms with Crippen molar-refractivity contribution < 1.29 is 46.1 Å². The molecule has 0 atom stereocenters. The van der Waals surface area contributed by atoms with Crippen molar-refractivity contribution in [2.24, 2.45) is 34.0 Å². The largest absolute Gasteiger partial charge is 0.299 e. The molecule has 0 bridgehead atoms. The van der Waals surface area contributed by atoms with Gasteiger partial charge in [-0.25, -0.2) is 0 Å². The van der Waals surface area contributed by atoms with E-state index in [4.69, 9.17) is 0 Å². The fraction of sp³-hybridized carbons (Fsp3) is 0.818. The van der Waals surface area contributed by atoms with Crippen molar-refractivity contribution >= 4 is 34.7 Å². The van der Waals surface area contributed by atoms with Crippen LogP contribution >= 0.6 is 0 Å². The van der Waals surface area contributed by atoms with E-state index in [-0.39, 0.29) is 87.6 Å². The summed E-state index contributed by atoms with van der Waals surface area (Å²) in [6.07, 6.45) is 1.84. The Kier molecular flexibility index (Phi) is 23.3. The summed E-state index contributed by atoms with van der Waals surface area (Å²) in [5.74, 6) is 1.36. The van der Waals surface area contributed by atoms with Gasteiger partial charge in [0.2, 0.25) is 0 Å². The number of Topliss-reactive ketones (excluding diaryl/α,β-unsaturated/α-hetero) is 6. The van der Waals surface area contributed by atoms with Crippen LogP contribution in [0.1, 0.15) is 142 Å². The standard InChI is InChI=1S/3C11H20O2.Cr/c3*1-8(2)6-9(12)7-10(13)11(3,4)5;/h3*8H,6-7H2,1-5H3;. The van der Waals surface area contributed by atoms with Crippen LogP contribution in [0.15, 0.2) is 0 Å². The zero-order chi connectivity index (χ0) is 31.9. The summed E-state index contributed by atoms with van der Waals surface area (Å²) >= 11 is 0. The molecule has 7 heteroatoms. The summed E-state index contributed by atoms with van der Waals surface area (Å²) in [5.41, 5.74) is -1.15. The first-order valence-electron chi connectivity index (χ1n) is 14.3. The van der Waals surface area contributed by atoms with Crippen LogP contribution in [-0.4, -0.2) is 34.7 Å². The third-order valence-electron chi connectivity index (χ3n) is 5.49. The zero-order valence-corrected chi connectivity index (χ0v) is 29.6. The summed E-state index contributed by atoms with van der Waals surface area (Å²) in [7, 11) is 0. The fourth-order valence-corrected chi connectivity index (χ4v) is 2.92. The third-order valence-corrected chi connectivity index (χ3v) is 5.49. The summed E-state index contributed by atoms with van der Waals surface area (Å²) in [4.78, 5) is 68.2. The molecule has 0 fully saturated rings. The number of hydrogen-bond donors (Lipinski definition) is 0. The minimum Gasteiger partial charge on any atom is -0.299 e. The van der Waals surface area contributed by atoms with Crippen LogP contribution in [-0.2, 0) is 46.1 Å². The molecule has 6 nitrogen and oxygen atoms in total. The fourth-order valence-electron chi connectivity index (χ4n) is 2.92. The number of carbonyl (C=O) groups is 6. The maximum absolute atomic E-state index is 11.4. The van der Waals surface area contributed by atoms with E-state index in [2.05, 4.69) is 0 Å². The van der Waals surface area contributed by atoms with Crippen LogP contribution in [0, 0.1) is 34.0 Å². The van der Waals surface area contributed by atoms with E-state index >= 15 is 0 Å². The van der Waals surface area contributed by atoms with E-state index in [1.807, 2.05) is 104 Å². The minimum absolute atomic E-state index is 0.